The Balaban J connectivity index is 1.58. The van der Waals surface area contributed by atoms with Gasteiger partial charge in [-0.05, 0) is 51.5 Å². The first-order valence-corrected chi connectivity index (χ1v) is 13.1. The van der Waals surface area contributed by atoms with Crippen LogP contribution >= 0.6 is 0 Å². The number of amides is 2. The molecule has 12 heteroatoms. The summed E-state index contributed by atoms with van der Waals surface area (Å²) in [4.78, 5) is 29.0. The Kier molecular flexibility index (Phi) is 10.1. The van der Waals surface area contributed by atoms with Gasteiger partial charge in [0, 0.05) is 25.0 Å². The van der Waals surface area contributed by atoms with Crippen LogP contribution in [0.5, 0.6) is 0 Å². The summed E-state index contributed by atoms with van der Waals surface area (Å²) in [5.74, 6) is -5.18. The summed E-state index contributed by atoms with van der Waals surface area (Å²) in [5.41, 5.74) is 0.0365. The van der Waals surface area contributed by atoms with Crippen molar-refractivity contribution >= 4 is 19.1 Å². The normalized spacial score (nSPS) is 21.3. The Morgan fingerprint density at radius 3 is 2.58 bits per heavy atom. The van der Waals surface area contributed by atoms with Gasteiger partial charge in [-0.3, -0.25) is 9.69 Å². The average Bonchev–Trinajstić information content (AvgIpc) is 3.26. The molecule has 0 aliphatic carbocycles. The van der Waals surface area contributed by atoms with Gasteiger partial charge in [-0.1, -0.05) is 30.3 Å². The number of piperidine rings is 1. The van der Waals surface area contributed by atoms with Gasteiger partial charge >= 0.3 is 13.2 Å². The first-order valence-electron chi connectivity index (χ1n) is 13.1. The van der Waals surface area contributed by atoms with E-state index in [0.717, 1.165) is 18.4 Å². The number of likely N-dealkylation sites (tertiary alicyclic amines) is 2. The molecule has 208 valence electrons. The van der Waals surface area contributed by atoms with Crippen molar-refractivity contribution in [1.82, 2.24) is 15.1 Å². The quantitative estimate of drug-likeness (QED) is 0.394. The molecule has 0 radical (unpaired) electrons. The van der Waals surface area contributed by atoms with Crippen LogP contribution in [-0.2, 0) is 16.0 Å². The van der Waals surface area contributed by atoms with Crippen LogP contribution in [0.15, 0.2) is 30.3 Å². The van der Waals surface area contributed by atoms with Crippen LogP contribution < -0.4 is 5.32 Å². The van der Waals surface area contributed by atoms with E-state index in [1.165, 1.54) is 0 Å². The molecule has 1 unspecified atom stereocenters. The number of rotatable bonds is 10. The van der Waals surface area contributed by atoms with Gasteiger partial charge in [-0.15, -0.1) is 0 Å². The monoisotopic (exact) mass is 534 g/mol. The Morgan fingerprint density at radius 2 is 1.97 bits per heavy atom. The lowest BCUT2D eigenvalue weighted by atomic mass is 9.76. The minimum atomic E-state index is -2.77. The Hall–Kier alpha value is -2.75. The lowest BCUT2D eigenvalue weighted by molar-refractivity contribution is -0.139. The summed E-state index contributed by atoms with van der Waals surface area (Å²) >= 11 is 0. The molecule has 0 aromatic heterocycles. The second kappa shape index (κ2) is 12.9. The number of halogens is 2. The van der Waals surface area contributed by atoms with Crippen molar-refractivity contribution in [3.8, 4) is 6.07 Å². The maximum atomic E-state index is 13.8. The third-order valence-corrected chi connectivity index (χ3v) is 7.46. The fourth-order valence-corrected chi connectivity index (χ4v) is 5.20. The molecule has 3 rings (SSSR count). The van der Waals surface area contributed by atoms with Crippen molar-refractivity contribution in [2.75, 3.05) is 26.2 Å². The zero-order valence-electron chi connectivity index (χ0n) is 22.0. The number of carbonyl (C=O) groups excluding carboxylic acids is 2. The molecule has 2 aliphatic heterocycles. The summed E-state index contributed by atoms with van der Waals surface area (Å²) < 4.78 is 32.9. The first-order chi connectivity index (χ1) is 17.9. The van der Waals surface area contributed by atoms with Gasteiger partial charge in [-0.25, -0.2) is 13.6 Å². The largest absolute Gasteiger partial charge is 0.475 e. The van der Waals surface area contributed by atoms with E-state index in [1.807, 2.05) is 6.07 Å². The van der Waals surface area contributed by atoms with E-state index < -0.39 is 55.0 Å². The number of nitriles is 1. The summed E-state index contributed by atoms with van der Waals surface area (Å²) in [6.07, 6.45) is 1.35. The molecule has 2 amide bonds. The fourth-order valence-electron chi connectivity index (χ4n) is 5.20. The molecule has 0 spiro atoms. The van der Waals surface area contributed by atoms with Crippen LogP contribution in [0.1, 0.15) is 51.5 Å². The second-order valence-corrected chi connectivity index (χ2v) is 10.9. The van der Waals surface area contributed by atoms with E-state index in [1.54, 1.807) is 47.9 Å². The minimum absolute atomic E-state index is 0.110. The molecule has 2 fully saturated rings. The Morgan fingerprint density at radius 1 is 1.26 bits per heavy atom. The first kappa shape index (κ1) is 29.8. The molecular formula is C26H37BF2N4O5. The standard InChI is InChI=1S/C26H37BF2N4O5/c1-25(2,32-13-11-26(28,29)18-32)15-20(16-30)23(34)33-12-7-6-10-21(33)17-38-24(35)31-22(27(36)37)14-19-8-4-3-5-9-19/h3-5,8-9,20-22,36-37H,6-7,10-15,17-18H2,1-2H3,(H,31,35)/t20?,21-,22+/m1/s1. The molecule has 1 aromatic rings. The molecule has 0 saturated carbocycles. The zero-order chi connectivity index (χ0) is 27.9. The van der Waals surface area contributed by atoms with E-state index >= 15 is 0 Å². The highest BCUT2D eigenvalue weighted by atomic mass is 19.3. The van der Waals surface area contributed by atoms with Gasteiger partial charge < -0.3 is 25.0 Å². The lowest BCUT2D eigenvalue weighted by Crippen LogP contribution is -2.52. The molecule has 3 N–H and O–H groups in total. The number of carbonyl (C=O) groups is 2. The molecule has 2 aliphatic rings. The summed E-state index contributed by atoms with van der Waals surface area (Å²) in [7, 11) is -1.80. The Labute approximate surface area is 222 Å². The van der Waals surface area contributed by atoms with Crippen molar-refractivity contribution < 1.29 is 33.2 Å². The number of hydrogen-bond donors (Lipinski definition) is 3. The fraction of sp³-hybridized carbons (Fsp3) is 0.654. The van der Waals surface area contributed by atoms with Crippen molar-refractivity contribution in [2.45, 2.75) is 75.8 Å². The van der Waals surface area contributed by atoms with Gasteiger partial charge in [-0.2, -0.15) is 5.26 Å². The van der Waals surface area contributed by atoms with Crippen LogP contribution in [0.2, 0.25) is 0 Å². The highest BCUT2D eigenvalue weighted by Gasteiger charge is 2.45. The molecule has 0 bridgehead atoms. The predicted octanol–water partition coefficient (Wildman–Crippen LogP) is 2.37. The van der Waals surface area contributed by atoms with Gasteiger partial charge in [0.05, 0.1) is 24.6 Å². The molecule has 1 aromatic carbocycles. The number of ether oxygens (including phenoxy) is 1. The zero-order valence-corrected chi connectivity index (χ0v) is 22.0. The van der Waals surface area contributed by atoms with E-state index in [0.29, 0.717) is 13.0 Å². The van der Waals surface area contributed by atoms with Crippen molar-refractivity contribution in [3.05, 3.63) is 35.9 Å². The van der Waals surface area contributed by atoms with E-state index in [9.17, 15) is 33.7 Å². The minimum Gasteiger partial charge on any atom is -0.447 e. The molecular weight excluding hydrogens is 497 g/mol. The molecule has 3 atom stereocenters. The van der Waals surface area contributed by atoms with Crippen LogP contribution in [0.3, 0.4) is 0 Å². The lowest BCUT2D eigenvalue weighted by Gasteiger charge is -2.40. The third kappa shape index (κ3) is 8.12. The van der Waals surface area contributed by atoms with Crippen LogP contribution in [0.4, 0.5) is 13.6 Å². The summed E-state index contributed by atoms with van der Waals surface area (Å²) in [6, 6.07) is 10.7. The highest BCUT2D eigenvalue weighted by molar-refractivity contribution is 6.43. The van der Waals surface area contributed by atoms with Gasteiger partial charge in [0.1, 0.15) is 12.5 Å². The number of alkyl carbamates (subject to hydrolysis) is 1. The topological polar surface area (TPSA) is 126 Å². The molecule has 2 saturated heterocycles. The van der Waals surface area contributed by atoms with Gasteiger partial charge in [0.15, 0.2) is 0 Å². The van der Waals surface area contributed by atoms with E-state index in [-0.39, 0.29) is 32.4 Å². The Bertz CT molecular complexity index is 992. The highest BCUT2D eigenvalue weighted by Crippen LogP contribution is 2.35. The average molecular weight is 534 g/mol. The predicted molar refractivity (Wildman–Crippen MR) is 137 cm³/mol. The summed E-state index contributed by atoms with van der Waals surface area (Å²) in [6.45, 7) is 3.64. The number of hydrogen-bond acceptors (Lipinski definition) is 7. The van der Waals surface area contributed by atoms with Gasteiger partial charge in [0.2, 0.25) is 5.91 Å². The molecule has 9 nitrogen and oxygen atoms in total. The number of nitrogens with zero attached hydrogens (tertiary/aromatic N) is 3. The van der Waals surface area contributed by atoms with E-state index in [2.05, 4.69) is 11.4 Å². The van der Waals surface area contributed by atoms with Crippen molar-refractivity contribution in [2.24, 2.45) is 5.92 Å². The van der Waals surface area contributed by atoms with Crippen LogP contribution in [0.25, 0.3) is 0 Å². The smallest absolute Gasteiger partial charge is 0.447 e. The third-order valence-electron chi connectivity index (χ3n) is 7.46. The SMILES string of the molecule is CC(C)(CC(C#N)C(=O)N1CCCC[C@@H]1COC(=O)N[C@@H](Cc1ccccc1)B(O)O)N1CCC(F)(F)C1. The number of alkyl halides is 2. The van der Waals surface area contributed by atoms with Crippen LogP contribution in [-0.4, -0.2) is 88.7 Å². The van der Waals surface area contributed by atoms with Crippen molar-refractivity contribution in [1.29, 1.82) is 5.26 Å². The van der Waals surface area contributed by atoms with Crippen LogP contribution in [0, 0.1) is 17.2 Å². The summed E-state index contributed by atoms with van der Waals surface area (Å²) in [5, 5.41) is 31.7. The molecule has 2 heterocycles. The van der Waals surface area contributed by atoms with E-state index in [4.69, 9.17) is 4.74 Å². The number of benzene rings is 1. The number of nitrogens with one attached hydrogen (secondary N) is 1. The second-order valence-electron chi connectivity index (χ2n) is 10.9. The maximum absolute atomic E-state index is 13.8. The molecule has 38 heavy (non-hydrogen) atoms. The van der Waals surface area contributed by atoms with Crippen molar-refractivity contribution in [3.63, 3.8) is 0 Å². The van der Waals surface area contributed by atoms with Gasteiger partial charge in [0.25, 0.3) is 5.92 Å². The maximum Gasteiger partial charge on any atom is 0.475 e.